The first-order chi connectivity index (χ1) is 7.95. The Morgan fingerprint density at radius 2 is 1.94 bits per heavy atom. The zero-order chi connectivity index (χ0) is 13.0. The van der Waals surface area contributed by atoms with Gasteiger partial charge in [0.1, 0.15) is 5.75 Å². The molecule has 0 radical (unpaired) electrons. The van der Waals surface area contributed by atoms with Crippen molar-refractivity contribution in [2.75, 3.05) is 7.11 Å². The molecule has 0 aliphatic carbocycles. The number of methoxy groups -OCH3 is 1. The third kappa shape index (κ3) is 3.72. The van der Waals surface area contributed by atoms with E-state index in [2.05, 4.69) is 13.0 Å². The maximum Gasteiger partial charge on any atom is 0.122 e. The summed E-state index contributed by atoms with van der Waals surface area (Å²) in [4.78, 5) is 0. The lowest BCUT2D eigenvalue weighted by atomic mass is 9.97. The van der Waals surface area contributed by atoms with E-state index in [4.69, 9.17) is 10.5 Å². The van der Waals surface area contributed by atoms with Gasteiger partial charge in [0.25, 0.3) is 0 Å². The summed E-state index contributed by atoms with van der Waals surface area (Å²) >= 11 is 0. The highest BCUT2D eigenvalue weighted by atomic mass is 16.5. The third-order valence-electron chi connectivity index (χ3n) is 3.17. The Labute approximate surface area is 104 Å². The van der Waals surface area contributed by atoms with Gasteiger partial charge in [-0.3, -0.25) is 0 Å². The Morgan fingerprint density at radius 3 is 2.47 bits per heavy atom. The molecule has 17 heavy (non-hydrogen) atoms. The van der Waals surface area contributed by atoms with Gasteiger partial charge < -0.3 is 15.6 Å². The first-order valence-corrected chi connectivity index (χ1v) is 6.03. The molecule has 0 aromatic heterocycles. The highest BCUT2D eigenvalue weighted by Gasteiger charge is 2.11. The maximum absolute atomic E-state index is 9.70. The van der Waals surface area contributed by atoms with Crippen LogP contribution in [-0.2, 0) is 6.42 Å². The van der Waals surface area contributed by atoms with Crippen LogP contribution in [0.15, 0.2) is 12.1 Å². The Morgan fingerprint density at radius 1 is 1.29 bits per heavy atom. The van der Waals surface area contributed by atoms with Crippen LogP contribution in [0.2, 0.25) is 0 Å². The van der Waals surface area contributed by atoms with Gasteiger partial charge in [0.2, 0.25) is 0 Å². The van der Waals surface area contributed by atoms with E-state index < -0.39 is 6.10 Å². The molecule has 0 bridgehead atoms. The van der Waals surface area contributed by atoms with Crippen molar-refractivity contribution < 1.29 is 9.84 Å². The lowest BCUT2D eigenvalue weighted by molar-refractivity contribution is 0.141. The molecule has 1 rings (SSSR count). The molecule has 0 heterocycles. The van der Waals surface area contributed by atoms with Gasteiger partial charge in [-0.05, 0) is 56.4 Å². The van der Waals surface area contributed by atoms with Gasteiger partial charge in [0, 0.05) is 6.04 Å². The molecule has 0 aliphatic heterocycles. The maximum atomic E-state index is 9.70. The molecule has 2 unspecified atom stereocenters. The molecule has 2 atom stereocenters. The third-order valence-corrected chi connectivity index (χ3v) is 3.17. The van der Waals surface area contributed by atoms with Gasteiger partial charge in [-0.25, -0.2) is 0 Å². The van der Waals surface area contributed by atoms with Crippen molar-refractivity contribution in [3.63, 3.8) is 0 Å². The molecule has 3 N–H and O–H groups in total. The number of ether oxygens (including phenoxy) is 1. The van der Waals surface area contributed by atoms with Gasteiger partial charge in [0.05, 0.1) is 13.2 Å². The van der Waals surface area contributed by atoms with Crippen LogP contribution < -0.4 is 10.5 Å². The SMILES string of the molecule is COc1cc(C)c(CCC(O)C(C)N)cc1C. The standard InChI is InChI=1S/C14H23NO2/c1-9-8-14(17-4)10(2)7-12(9)5-6-13(16)11(3)15/h7-8,11,13,16H,5-6,15H2,1-4H3. The van der Waals surface area contributed by atoms with E-state index >= 15 is 0 Å². The molecule has 1 aromatic rings. The topological polar surface area (TPSA) is 55.5 Å². The monoisotopic (exact) mass is 237 g/mol. The van der Waals surface area contributed by atoms with Gasteiger partial charge in [-0.1, -0.05) is 6.07 Å². The van der Waals surface area contributed by atoms with Crippen LogP contribution in [0, 0.1) is 13.8 Å². The fraction of sp³-hybridized carbons (Fsp3) is 0.571. The molecular formula is C14H23NO2. The molecule has 0 fully saturated rings. The summed E-state index contributed by atoms with van der Waals surface area (Å²) in [5, 5.41) is 9.70. The molecule has 0 spiro atoms. The molecule has 1 aromatic carbocycles. The molecular weight excluding hydrogens is 214 g/mol. The molecule has 96 valence electrons. The molecule has 0 amide bonds. The van der Waals surface area contributed by atoms with Crippen molar-refractivity contribution in [3.8, 4) is 5.75 Å². The number of hydrogen-bond donors (Lipinski definition) is 2. The van der Waals surface area contributed by atoms with Gasteiger partial charge >= 0.3 is 0 Å². The minimum Gasteiger partial charge on any atom is -0.496 e. The van der Waals surface area contributed by atoms with E-state index in [1.54, 1.807) is 7.11 Å². The number of rotatable bonds is 5. The van der Waals surface area contributed by atoms with E-state index in [1.165, 1.54) is 11.1 Å². The van der Waals surface area contributed by atoms with E-state index in [0.29, 0.717) is 6.42 Å². The zero-order valence-electron chi connectivity index (χ0n) is 11.2. The van der Waals surface area contributed by atoms with Gasteiger partial charge in [-0.15, -0.1) is 0 Å². The number of benzene rings is 1. The van der Waals surface area contributed by atoms with Crippen molar-refractivity contribution in [1.82, 2.24) is 0 Å². The molecule has 0 saturated heterocycles. The molecule has 0 saturated carbocycles. The smallest absolute Gasteiger partial charge is 0.122 e. The van der Waals surface area contributed by atoms with E-state index in [-0.39, 0.29) is 6.04 Å². The van der Waals surface area contributed by atoms with Crippen molar-refractivity contribution in [2.24, 2.45) is 5.73 Å². The summed E-state index contributed by atoms with van der Waals surface area (Å²) in [5.41, 5.74) is 9.22. The van der Waals surface area contributed by atoms with Crippen LogP contribution in [0.4, 0.5) is 0 Å². The summed E-state index contributed by atoms with van der Waals surface area (Å²) in [6.07, 6.45) is 1.11. The Kier molecular flexibility index (Phi) is 4.97. The van der Waals surface area contributed by atoms with Crippen LogP contribution in [0.5, 0.6) is 5.75 Å². The Hall–Kier alpha value is -1.06. The second-order valence-electron chi connectivity index (χ2n) is 4.71. The van der Waals surface area contributed by atoms with Crippen LogP contribution in [0.25, 0.3) is 0 Å². The summed E-state index contributed by atoms with van der Waals surface area (Å²) in [7, 11) is 1.68. The minimum atomic E-state index is -0.434. The average molecular weight is 237 g/mol. The average Bonchev–Trinajstić information content (AvgIpc) is 2.29. The summed E-state index contributed by atoms with van der Waals surface area (Å²) < 4.78 is 5.28. The van der Waals surface area contributed by atoms with E-state index in [9.17, 15) is 5.11 Å². The number of aliphatic hydroxyl groups is 1. The summed E-state index contributed by atoms with van der Waals surface area (Å²) in [6, 6.07) is 4.00. The van der Waals surface area contributed by atoms with E-state index in [0.717, 1.165) is 17.7 Å². The fourth-order valence-corrected chi connectivity index (χ4v) is 1.91. The second-order valence-corrected chi connectivity index (χ2v) is 4.71. The largest absolute Gasteiger partial charge is 0.496 e. The van der Waals surface area contributed by atoms with Crippen molar-refractivity contribution in [3.05, 3.63) is 28.8 Å². The number of hydrogen-bond acceptors (Lipinski definition) is 3. The first-order valence-electron chi connectivity index (χ1n) is 6.03. The second kappa shape index (κ2) is 6.03. The summed E-state index contributed by atoms with van der Waals surface area (Å²) in [6.45, 7) is 5.93. The predicted octanol–water partition coefficient (Wildman–Crippen LogP) is 1.95. The molecule has 3 heteroatoms. The van der Waals surface area contributed by atoms with Crippen LogP contribution in [-0.4, -0.2) is 24.4 Å². The molecule has 0 aliphatic rings. The fourth-order valence-electron chi connectivity index (χ4n) is 1.91. The Bertz CT molecular complexity index is 375. The highest BCUT2D eigenvalue weighted by Crippen LogP contribution is 2.23. The van der Waals surface area contributed by atoms with Crippen molar-refractivity contribution in [2.45, 2.75) is 45.8 Å². The zero-order valence-corrected chi connectivity index (χ0v) is 11.2. The number of nitrogens with two attached hydrogens (primary N) is 1. The lowest BCUT2D eigenvalue weighted by Gasteiger charge is -2.16. The van der Waals surface area contributed by atoms with Crippen LogP contribution in [0.1, 0.15) is 30.0 Å². The van der Waals surface area contributed by atoms with Gasteiger partial charge in [0.15, 0.2) is 0 Å². The normalized spacial score (nSPS) is 14.5. The number of aliphatic hydroxyl groups excluding tert-OH is 1. The quantitative estimate of drug-likeness (QED) is 0.823. The lowest BCUT2D eigenvalue weighted by Crippen LogP contribution is -2.31. The van der Waals surface area contributed by atoms with Crippen molar-refractivity contribution >= 4 is 0 Å². The van der Waals surface area contributed by atoms with Crippen molar-refractivity contribution in [1.29, 1.82) is 0 Å². The summed E-state index contributed by atoms with van der Waals surface area (Å²) in [5.74, 6) is 0.916. The predicted molar refractivity (Wildman–Crippen MR) is 70.4 cm³/mol. The van der Waals surface area contributed by atoms with E-state index in [1.807, 2.05) is 19.9 Å². The van der Waals surface area contributed by atoms with Gasteiger partial charge in [-0.2, -0.15) is 0 Å². The highest BCUT2D eigenvalue weighted by molar-refractivity contribution is 5.41. The number of aryl methyl sites for hydroxylation is 3. The first kappa shape index (κ1) is 14.0. The minimum absolute atomic E-state index is 0.172. The van der Waals surface area contributed by atoms with Crippen LogP contribution in [0.3, 0.4) is 0 Å². The Balaban J connectivity index is 2.75. The van der Waals surface area contributed by atoms with Crippen LogP contribution >= 0.6 is 0 Å². The molecule has 3 nitrogen and oxygen atoms in total.